The van der Waals surface area contributed by atoms with Gasteiger partial charge in [0.1, 0.15) is 5.78 Å². The molecule has 0 bridgehead atoms. The van der Waals surface area contributed by atoms with Gasteiger partial charge in [0.2, 0.25) is 5.91 Å². The zero-order valence-corrected chi connectivity index (χ0v) is 21.8. The van der Waals surface area contributed by atoms with Crippen LogP contribution in [0.2, 0.25) is 0 Å². The fourth-order valence-electron chi connectivity index (χ4n) is 8.85. The van der Waals surface area contributed by atoms with Crippen LogP contribution >= 0.6 is 0 Å². The van der Waals surface area contributed by atoms with E-state index in [9.17, 15) is 23.1 Å². The molecule has 8 heteroatoms. The standard InChI is InChI=1S/C26H43NO6S/c1-16(4-7-23(30)27-12-13-34(31,32)33)19-5-6-20-24-21(9-11-26(19,20)3)25(2)10-8-18(28)14-17(25)15-22(24)29/h16-21,24,28H,4-15H2,1-3H3,(H,27,30)(H,31,32,33). The Morgan fingerprint density at radius 2 is 1.79 bits per heavy atom. The molecule has 0 heterocycles. The van der Waals surface area contributed by atoms with Crippen molar-refractivity contribution in [3.8, 4) is 0 Å². The molecule has 34 heavy (non-hydrogen) atoms. The van der Waals surface area contributed by atoms with Gasteiger partial charge in [-0.25, -0.2) is 0 Å². The molecule has 0 saturated heterocycles. The zero-order valence-electron chi connectivity index (χ0n) is 21.0. The smallest absolute Gasteiger partial charge is 0.266 e. The van der Waals surface area contributed by atoms with Crippen LogP contribution in [0.15, 0.2) is 0 Å². The molecule has 4 fully saturated rings. The van der Waals surface area contributed by atoms with Crippen LogP contribution in [0.25, 0.3) is 0 Å². The van der Waals surface area contributed by atoms with Crippen LogP contribution in [0.5, 0.6) is 0 Å². The van der Waals surface area contributed by atoms with Crippen molar-refractivity contribution in [2.24, 2.45) is 46.3 Å². The Labute approximate surface area is 204 Å². The molecule has 0 spiro atoms. The Kier molecular flexibility index (Phi) is 7.27. The number of rotatable bonds is 7. The molecule has 4 saturated carbocycles. The highest BCUT2D eigenvalue weighted by Gasteiger charge is 2.63. The van der Waals surface area contributed by atoms with E-state index in [4.69, 9.17) is 4.55 Å². The van der Waals surface area contributed by atoms with Gasteiger partial charge in [-0.3, -0.25) is 14.1 Å². The second-order valence-corrected chi connectivity index (χ2v) is 14.0. The first-order valence-corrected chi connectivity index (χ1v) is 14.9. The van der Waals surface area contributed by atoms with Gasteiger partial charge in [-0.1, -0.05) is 20.8 Å². The summed E-state index contributed by atoms with van der Waals surface area (Å²) >= 11 is 0. The molecule has 4 aliphatic carbocycles. The van der Waals surface area contributed by atoms with Crippen molar-refractivity contribution < 1.29 is 27.7 Å². The van der Waals surface area contributed by atoms with Crippen LogP contribution in [-0.2, 0) is 19.7 Å². The molecule has 4 rings (SSSR count). The Morgan fingerprint density at radius 1 is 1.12 bits per heavy atom. The van der Waals surface area contributed by atoms with Crippen molar-refractivity contribution in [3.63, 3.8) is 0 Å². The molecule has 4 aliphatic rings. The average molecular weight is 498 g/mol. The van der Waals surface area contributed by atoms with Gasteiger partial charge in [0.05, 0.1) is 11.9 Å². The van der Waals surface area contributed by atoms with Gasteiger partial charge < -0.3 is 10.4 Å². The van der Waals surface area contributed by atoms with Crippen molar-refractivity contribution in [3.05, 3.63) is 0 Å². The van der Waals surface area contributed by atoms with Crippen LogP contribution < -0.4 is 5.32 Å². The minimum Gasteiger partial charge on any atom is -0.393 e. The van der Waals surface area contributed by atoms with Gasteiger partial charge in [-0.2, -0.15) is 8.42 Å². The number of fused-ring (bicyclic) bond motifs is 5. The summed E-state index contributed by atoms with van der Waals surface area (Å²) in [5.74, 6) is 1.95. The summed E-state index contributed by atoms with van der Waals surface area (Å²) in [6.07, 6.45) is 8.54. The zero-order chi connectivity index (χ0) is 24.9. The van der Waals surface area contributed by atoms with Crippen molar-refractivity contribution in [1.82, 2.24) is 5.32 Å². The van der Waals surface area contributed by atoms with Crippen molar-refractivity contribution in [1.29, 1.82) is 0 Å². The SMILES string of the molecule is CC(CCC(=O)NCCS(=O)(=O)O)C1CCC2C3C(=O)CC4CC(O)CCC4(C)C3CCC12C. The first-order valence-electron chi connectivity index (χ1n) is 13.3. The lowest BCUT2D eigenvalue weighted by Gasteiger charge is -2.60. The number of hydrogen-bond acceptors (Lipinski definition) is 5. The molecule has 9 atom stereocenters. The number of nitrogens with one attached hydrogen (secondary N) is 1. The van der Waals surface area contributed by atoms with E-state index in [2.05, 4.69) is 26.1 Å². The Bertz CT molecular complexity index is 905. The minimum atomic E-state index is -4.07. The molecule has 0 aromatic rings. The second kappa shape index (κ2) is 9.47. The molecule has 0 aromatic carbocycles. The van der Waals surface area contributed by atoms with E-state index in [0.717, 1.165) is 51.4 Å². The average Bonchev–Trinajstić information content (AvgIpc) is 3.09. The lowest BCUT2D eigenvalue weighted by molar-refractivity contribution is -0.160. The Morgan fingerprint density at radius 3 is 2.50 bits per heavy atom. The lowest BCUT2D eigenvalue weighted by atomic mass is 9.44. The predicted octanol–water partition coefficient (Wildman–Crippen LogP) is 3.61. The summed E-state index contributed by atoms with van der Waals surface area (Å²) in [5.41, 5.74) is 0.290. The number of hydrogen-bond donors (Lipinski definition) is 3. The molecule has 1 amide bonds. The van der Waals surface area contributed by atoms with E-state index in [1.165, 1.54) is 0 Å². The summed E-state index contributed by atoms with van der Waals surface area (Å²) in [6, 6.07) is 0. The molecule has 7 nitrogen and oxygen atoms in total. The summed E-state index contributed by atoms with van der Waals surface area (Å²) in [6.45, 7) is 6.93. The van der Waals surface area contributed by atoms with Crippen molar-refractivity contribution in [2.45, 2.75) is 91.1 Å². The van der Waals surface area contributed by atoms with Gasteiger partial charge in [0.25, 0.3) is 10.1 Å². The molecule has 0 aliphatic heterocycles. The maximum absolute atomic E-state index is 13.5. The van der Waals surface area contributed by atoms with Gasteiger partial charge in [0, 0.05) is 25.3 Å². The summed E-state index contributed by atoms with van der Waals surface area (Å²) < 4.78 is 30.5. The molecule has 0 radical (unpaired) electrons. The topological polar surface area (TPSA) is 121 Å². The first kappa shape index (κ1) is 26.1. The van der Waals surface area contributed by atoms with E-state index in [1.54, 1.807) is 0 Å². The van der Waals surface area contributed by atoms with Gasteiger partial charge >= 0.3 is 0 Å². The second-order valence-electron chi connectivity index (χ2n) is 12.4. The third kappa shape index (κ3) is 4.83. The van der Waals surface area contributed by atoms with E-state index in [-0.39, 0.29) is 35.3 Å². The fourth-order valence-corrected chi connectivity index (χ4v) is 9.21. The van der Waals surface area contributed by atoms with Gasteiger partial charge in [-0.15, -0.1) is 0 Å². The van der Waals surface area contributed by atoms with E-state index >= 15 is 0 Å². The monoisotopic (exact) mass is 497 g/mol. The third-order valence-corrected chi connectivity index (χ3v) is 11.4. The molecular formula is C26H43NO6S. The molecular weight excluding hydrogens is 454 g/mol. The molecule has 194 valence electrons. The maximum atomic E-state index is 13.5. The molecule has 3 N–H and O–H groups in total. The third-order valence-electron chi connectivity index (χ3n) is 10.7. The lowest BCUT2D eigenvalue weighted by Crippen LogP contribution is -2.57. The maximum Gasteiger partial charge on any atom is 0.266 e. The molecule has 9 unspecified atom stereocenters. The Hall–Kier alpha value is -0.990. The Balaban J connectivity index is 1.39. The number of carbonyl (C=O) groups is 2. The van der Waals surface area contributed by atoms with Crippen molar-refractivity contribution in [2.75, 3.05) is 12.3 Å². The highest BCUT2D eigenvalue weighted by Crippen LogP contribution is 2.67. The number of amides is 1. The van der Waals surface area contributed by atoms with Gasteiger partial charge in [0.15, 0.2) is 0 Å². The number of aliphatic hydroxyl groups is 1. The number of ketones is 1. The van der Waals surface area contributed by atoms with E-state index < -0.39 is 15.9 Å². The van der Waals surface area contributed by atoms with E-state index in [0.29, 0.717) is 48.2 Å². The number of aliphatic hydroxyl groups excluding tert-OH is 1. The molecule has 0 aromatic heterocycles. The number of Topliss-reactive ketones (excluding diaryl/α,β-unsaturated/α-hetero) is 1. The van der Waals surface area contributed by atoms with E-state index in [1.807, 2.05) is 0 Å². The summed E-state index contributed by atoms with van der Waals surface area (Å²) in [4.78, 5) is 25.7. The fraction of sp³-hybridized carbons (Fsp3) is 0.923. The minimum absolute atomic E-state index is 0.0722. The van der Waals surface area contributed by atoms with Crippen LogP contribution in [0.1, 0.15) is 85.0 Å². The predicted molar refractivity (Wildman–Crippen MR) is 129 cm³/mol. The summed E-state index contributed by atoms with van der Waals surface area (Å²) in [5, 5.41) is 12.8. The quantitative estimate of drug-likeness (QED) is 0.462. The van der Waals surface area contributed by atoms with Crippen LogP contribution in [0.4, 0.5) is 0 Å². The van der Waals surface area contributed by atoms with Crippen LogP contribution in [0.3, 0.4) is 0 Å². The van der Waals surface area contributed by atoms with Crippen molar-refractivity contribution >= 4 is 21.8 Å². The van der Waals surface area contributed by atoms with Crippen LogP contribution in [0, 0.1) is 46.3 Å². The first-order chi connectivity index (χ1) is 15.8. The highest BCUT2D eigenvalue weighted by atomic mass is 32.2. The van der Waals surface area contributed by atoms with Gasteiger partial charge in [-0.05, 0) is 91.8 Å². The summed E-state index contributed by atoms with van der Waals surface area (Å²) in [7, 11) is -4.07. The largest absolute Gasteiger partial charge is 0.393 e. The van der Waals surface area contributed by atoms with Crippen LogP contribution in [-0.4, -0.2) is 48.2 Å². The normalized spacial score (nSPS) is 42.9. The highest BCUT2D eigenvalue weighted by molar-refractivity contribution is 7.85. The number of carbonyl (C=O) groups excluding carboxylic acids is 2.